The Labute approximate surface area is 113 Å². The SMILES string of the molecule is CC(Nc1cccc(N(C)C)c1)c1ccc(F)cn1. The molecule has 4 heteroatoms. The van der Waals surface area contributed by atoms with Gasteiger partial charge in [-0.1, -0.05) is 6.07 Å². The van der Waals surface area contributed by atoms with Crippen LogP contribution in [0.4, 0.5) is 15.8 Å². The maximum absolute atomic E-state index is 12.8. The number of hydrogen-bond donors (Lipinski definition) is 1. The van der Waals surface area contributed by atoms with Crippen molar-refractivity contribution in [3.63, 3.8) is 0 Å². The molecule has 0 saturated carbocycles. The molecule has 0 aliphatic rings. The molecule has 100 valence electrons. The Hall–Kier alpha value is -2.10. The zero-order valence-electron chi connectivity index (χ0n) is 11.4. The van der Waals surface area contributed by atoms with Crippen molar-refractivity contribution in [2.45, 2.75) is 13.0 Å². The summed E-state index contributed by atoms with van der Waals surface area (Å²) in [6, 6.07) is 11.3. The minimum absolute atomic E-state index is 0.0259. The fourth-order valence-electron chi connectivity index (χ4n) is 1.84. The van der Waals surface area contributed by atoms with Gasteiger partial charge in [0.15, 0.2) is 0 Å². The number of nitrogens with zero attached hydrogens (tertiary/aromatic N) is 2. The smallest absolute Gasteiger partial charge is 0.141 e. The summed E-state index contributed by atoms with van der Waals surface area (Å²) in [5.41, 5.74) is 2.96. The molecule has 0 radical (unpaired) electrons. The lowest BCUT2D eigenvalue weighted by atomic mass is 10.2. The monoisotopic (exact) mass is 259 g/mol. The summed E-state index contributed by atoms with van der Waals surface area (Å²) in [5, 5.41) is 3.36. The van der Waals surface area contributed by atoms with Crippen LogP contribution in [0.5, 0.6) is 0 Å². The molecule has 1 heterocycles. The molecular formula is C15H18FN3. The Kier molecular flexibility index (Phi) is 4.00. The van der Waals surface area contributed by atoms with Crippen molar-refractivity contribution in [1.82, 2.24) is 4.98 Å². The Morgan fingerprint density at radius 3 is 2.63 bits per heavy atom. The van der Waals surface area contributed by atoms with Crippen LogP contribution < -0.4 is 10.2 Å². The highest BCUT2D eigenvalue weighted by Gasteiger charge is 2.07. The predicted octanol–water partition coefficient (Wildman–Crippen LogP) is 3.46. The van der Waals surface area contributed by atoms with E-state index in [1.54, 1.807) is 6.07 Å². The molecule has 0 aliphatic heterocycles. The molecule has 0 bridgehead atoms. The number of rotatable bonds is 4. The van der Waals surface area contributed by atoms with Crippen LogP contribution >= 0.6 is 0 Å². The molecule has 0 aliphatic carbocycles. The number of pyridine rings is 1. The van der Waals surface area contributed by atoms with Crippen LogP contribution in [-0.2, 0) is 0 Å². The van der Waals surface area contributed by atoms with Gasteiger partial charge < -0.3 is 10.2 Å². The topological polar surface area (TPSA) is 28.2 Å². The number of halogens is 1. The molecule has 3 nitrogen and oxygen atoms in total. The van der Waals surface area contributed by atoms with Gasteiger partial charge in [0, 0.05) is 25.5 Å². The molecule has 0 fully saturated rings. The van der Waals surface area contributed by atoms with E-state index in [-0.39, 0.29) is 11.9 Å². The van der Waals surface area contributed by atoms with Gasteiger partial charge in [-0.3, -0.25) is 4.98 Å². The molecule has 1 aromatic carbocycles. The second-order valence-corrected chi connectivity index (χ2v) is 4.71. The number of anilines is 2. The van der Waals surface area contributed by atoms with Gasteiger partial charge in [-0.05, 0) is 37.3 Å². The molecule has 2 rings (SSSR count). The van der Waals surface area contributed by atoms with Gasteiger partial charge in [-0.15, -0.1) is 0 Å². The van der Waals surface area contributed by atoms with E-state index in [1.165, 1.54) is 12.3 Å². The summed E-state index contributed by atoms with van der Waals surface area (Å²) in [6.07, 6.45) is 1.24. The molecule has 0 amide bonds. The highest BCUT2D eigenvalue weighted by Crippen LogP contribution is 2.21. The van der Waals surface area contributed by atoms with E-state index >= 15 is 0 Å². The highest BCUT2D eigenvalue weighted by molar-refractivity contribution is 5.57. The van der Waals surface area contributed by atoms with Crippen LogP contribution in [0.25, 0.3) is 0 Å². The normalized spacial score (nSPS) is 12.0. The van der Waals surface area contributed by atoms with Crippen LogP contribution in [0.2, 0.25) is 0 Å². The second-order valence-electron chi connectivity index (χ2n) is 4.71. The minimum Gasteiger partial charge on any atom is -0.378 e. The average Bonchev–Trinajstić information content (AvgIpc) is 2.39. The van der Waals surface area contributed by atoms with Crippen molar-refractivity contribution in [2.75, 3.05) is 24.3 Å². The first-order chi connectivity index (χ1) is 9.06. The molecule has 1 unspecified atom stereocenters. The lowest BCUT2D eigenvalue weighted by Gasteiger charge is -2.18. The molecule has 1 atom stereocenters. The summed E-state index contributed by atoms with van der Waals surface area (Å²) < 4.78 is 12.8. The summed E-state index contributed by atoms with van der Waals surface area (Å²) in [6.45, 7) is 2.00. The Morgan fingerprint density at radius 2 is 2.00 bits per heavy atom. The number of aromatic nitrogens is 1. The van der Waals surface area contributed by atoms with E-state index in [9.17, 15) is 4.39 Å². The van der Waals surface area contributed by atoms with Gasteiger partial charge in [0.1, 0.15) is 5.82 Å². The molecule has 0 spiro atoms. The summed E-state index contributed by atoms with van der Waals surface area (Å²) in [5.74, 6) is -0.314. The zero-order valence-corrected chi connectivity index (χ0v) is 11.4. The Bertz CT molecular complexity index is 537. The van der Waals surface area contributed by atoms with Gasteiger partial charge in [0.05, 0.1) is 17.9 Å². The quantitative estimate of drug-likeness (QED) is 0.911. The van der Waals surface area contributed by atoms with Gasteiger partial charge in [0.25, 0.3) is 0 Å². The van der Waals surface area contributed by atoms with E-state index in [4.69, 9.17) is 0 Å². The number of benzene rings is 1. The van der Waals surface area contributed by atoms with Crippen molar-refractivity contribution in [1.29, 1.82) is 0 Å². The molecule has 0 saturated heterocycles. The third-order valence-electron chi connectivity index (χ3n) is 2.94. The fourth-order valence-corrected chi connectivity index (χ4v) is 1.84. The molecule has 19 heavy (non-hydrogen) atoms. The molecule has 1 N–H and O–H groups in total. The highest BCUT2D eigenvalue weighted by atomic mass is 19.1. The fraction of sp³-hybridized carbons (Fsp3) is 0.267. The van der Waals surface area contributed by atoms with E-state index in [1.807, 2.05) is 44.1 Å². The van der Waals surface area contributed by atoms with E-state index in [2.05, 4.69) is 16.4 Å². The Morgan fingerprint density at radius 1 is 1.21 bits per heavy atom. The van der Waals surface area contributed by atoms with Crippen molar-refractivity contribution in [3.8, 4) is 0 Å². The lowest BCUT2D eigenvalue weighted by Crippen LogP contribution is -2.11. The average molecular weight is 259 g/mol. The largest absolute Gasteiger partial charge is 0.378 e. The van der Waals surface area contributed by atoms with Crippen molar-refractivity contribution in [3.05, 3.63) is 54.1 Å². The van der Waals surface area contributed by atoms with Crippen molar-refractivity contribution >= 4 is 11.4 Å². The van der Waals surface area contributed by atoms with Crippen LogP contribution in [0.15, 0.2) is 42.6 Å². The molecular weight excluding hydrogens is 241 g/mol. The van der Waals surface area contributed by atoms with Crippen molar-refractivity contribution in [2.24, 2.45) is 0 Å². The first-order valence-corrected chi connectivity index (χ1v) is 6.21. The third kappa shape index (κ3) is 3.44. The molecule has 1 aromatic heterocycles. The van der Waals surface area contributed by atoms with Crippen LogP contribution in [0.3, 0.4) is 0 Å². The van der Waals surface area contributed by atoms with Crippen molar-refractivity contribution < 1.29 is 4.39 Å². The standard InChI is InChI=1S/C15H18FN3/c1-11(15-8-7-12(16)10-17-15)18-13-5-4-6-14(9-13)19(2)3/h4-11,18H,1-3H3. The van der Waals surface area contributed by atoms with Crippen LogP contribution in [0, 0.1) is 5.82 Å². The number of nitrogens with one attached hydrogen (secondary N) is 1. The van der Waals surface area contributed by atoms with E-state index in [0.717, 1.165) is 17.1 Å². The van der Waals surface area contributed by atoms with Crippen LogP contribution in [-0.4, -0.2) is 19.1 Å². The van der Waals surface area contributed by atoms with E-state index < -0.39 is 0 Å². The minimum atomic E-state index is -0.314. The maximum atomic E-state index is 12.8. The predicted molar refractivity (Wildman–Crippen MR) is 77.0 cm³/mol. The summed E-state index contributed by atoms with van der Waals surface area (Å²) in [4.78, 5) is 6.13. The number of hydrogen-bond acceptors (Lipinski definition) is 3. The lowest BCUT2D eigenvalue weighted by molar-refractivity contribution is 0.617. The zero-order chi connectivity index (χ0) is 13.8. The summed E-state index contributed by atoms with van der Waals surface area (Å²) >= 11 is 0. The van der Waals surface area contributed by atoms with Gasteiger partial charge in [0.2, 0.25) is 0 Å². The maximum Gasteiger partial charge on any atom is 0.141 e. The van der Waals surface area contributed by atoms with Crippen LogP contribution in [0.1, 0.15) is 18.7 Å². The Balaban J connectivity index is 2.12. The second kappa shape index (κ2) is 5.69. The molecule has 2 aromatic rings. The summed E-state index contributed by atoms with van der Waals surface area (Å²) in [7, 11) is 4.01. The first-order valence-electron chi connectivity index (χ1n) is 6.21. The van der Waals surface area contributed by atoms with Gasteiger partial charge >= 0.3 is 0 Å². The van der Waals surface area contributed by atoms with Gasteiger partial charge in [-0.25, -0.2) is 4.39 Å². The van der Waals surface area contributed by atoms with Gasteiger partial charge in [-0.2, -0.15) is 0 Å². The van der Waals surface area contributed by atoms with E-state index in [0.29, 0.717) is 0 Å². The third-order valence-corrected chi connectivity index (χ3v) is 2.94. The first kappa shape index (κ1) is 13.3.